The number of aliphatic hydroxyl groups is 2. The number of alkyl halides is 6. The van der Waals surface area contributed by atoms with Crippen LogP contribution in [0, 0.1) is 34.0 Å². The van der Waals surface area contributed by atoms with Crippen LogP contribution in [-0.2, 0) is 23.9 Å². The number of halogens is 6. The summed E-state index contributed by atoms with van der Waals surface area (Å²) in [4.78, 5) is 33.8. The summed E-state index contributed by atoms with van der Waals surface area (Å²) >= 11 is 0. The third-order valence-corrected chi connectivity index (χ3v) is 9.58. The fraction of sp³-hybridized carbons (Fsp3) is 0.909. The maximum atomic E-state index is 12.9. The quantitative estimate of drug-likeness (QED) is 0.147. The number of hydrogen-bond donors (Lipinski definition) is 3. The highest BCUT2D eigenvalue weighted by atomic mass is 19.4. The zero-order valence-corrected chi connectivity index (χ0v) is 29.6. The first-order valence-electron chi connectivity index (χ1n) is 16.0. The summed E-state index contributed by atoms with van der Waals surface area (Å²) in [6.07, 6.45) is -10.7. The Morgan fingerprint density at radius 3 is 1.38 bits per heavy atom. The average Bonchev–Trinajstić information content (AvgIpc) is 3.50. The summed E-state index contributed by atoms with van der Waals surface area (Å²) in [7, 11) is 0. The maximum absolute atomic E-state index is 12.9. The number of rotatable bonds is 11. The van der Waals surface area contributed by atoms with E-state index in [1.807, 2.05) is 34.6 Å². The maximum Gasteiger partial charge on any atom is 0.426 e. The van der Waals surface area contributed by atoms with Gasteiger partial charge in [0.1, 0.15) is 12.7 Å². The predicted octanol–water partition coefficient (Wildman–Crippen LogP) is 7.87. The molecule has 8 nitrogen and oxygen atoms in total. The first-order chi connectivity index (χ1) is 20.8. The molecule has 2 aliphatic rings. The molecule has 0 aromatic rings. The Morgan fingerprint density at radius 2 is 1.09 bits per heavy atom. The molecule has 4 atom stereocenters. The molecule has 2 rings (SSSR count). The van der Waals surface area contributed by atoms with Gasteiger partial charge in [-0.3, -0.25) is 14.4 Å². The number of carboxylic acid groups (broad SMARTS) is 1. The lowest BCUT2D eigenvalue weighted by atomic mass is 9.78. The molecule has 2 bridgehead atoms. The third kappa shape index (κ3) is 12.7. The van der Waals surface area contributed by atoms with Crippen LogP contribution in [0.1, 0.15) is 121 Å². The Hall–Kier alpha value is -2.09. The Morgan fingerprint density at radius 1 is 0.660 bits per heavy atom. The molecule has 278 valence electrons. The van der Waals surface area contributed by atoms with E-state index in [4.69, 9.17) is 14.6 Å². The monoisotopic (exact) mass is 694 g/mol. The highest BCUT2D eigenvalue weighted by Crippen LogP contribution is 2.56. The minimum Gasteiger partial charge on any atom is -0.481 e. The number of ether oxygens (including phenoxy) is 2. The first kappa shape index (κ1) is 44.9. The van der Waals surface area contributed by atoms with Crippen LogP contribution in [0.5, 0.6) is 0 Å². The summed E-state index contributed by atoms with van der Waals surface area (Å²) in [5, 5.41) is 27.2. The van der Waals surface area contributed by atoms with Crippen LogP contribution in [-0.4, -0.2) is 69.5 Å². The Balaban J connectivity index is 0.000000836. The van der Waals surface area contributed by atoms with Crippen molar-refractivity contribution in [2.24, 2.45) is 34.0 Å². The van der Waals surface area contributed by atoms with Gasteiger partial charge in [0.05, 0.1) is 21.8 Å². The standard InChI is InChI=1S/C17H24F6O3.C10H20O3.C6H12O2/c1-4-14(2,3)13(24)26-12-7-9-5-10(12)6-11(9)8-15(25,16(18,19)20)17(21,22)23;1-6-9(2,3)8(11)13-7-10(4,5)12;1-4-6(2,3)5(7)8/h9-12,25H,4-8H2,1-3H3;12H,6-7H2,1-5H3;4H2,1-3H3,(H,7,8). The fourth-order valence-electron chi connectivity index (χ4n) is 4.68. The summed E-state index contributed by atoms with van der Waals surface area (Å²) in [5.41, 5.74) is -7.33. The van der Waals surface area contributed by atoms with Gasteiger partial charge >= 0.3 is 30.3 Å². The second-order valence-electron chi connectivity index (χ2n) is 15.4. The van der Waals surface area contributed by atoms with Crippen molar-refractivity contribution in [1.29, 1.82) is 0 Å². The molecule has 3 N–H and O–H groups in total. The number of esters is 2. The molecule has 0 aromatic carbocycles. The van der Waals surface area contributed by atoms with Gasteiger partial charge in [0.15, 0.2) is 0 Å². The van der Waals surface area contributed by atoms with Crippen molar-refractivity contribution in [3.8, 4) is 0 Å². The number of aliphatic carboxylic acids is 1. The fourth-order valence-corrected chi connectivity index (χ4v) is 4.68. The van der Waals surface area contributed by atoms with Gasteiger partial charge in [0.25, 0.3) is 5.60 Å². The van der Waals surface area contributed by atoms with Gasteiger partial charge in [0, 0.05) is 0 Å². The predicted molar refractivity (Wildman–Crippen MR) is 163 cm³/mol. The zero-order chi connectivity index (χ0) is 37.6. The van der Waals surface area contributed by atoms with Gasteiger partial charge in [-0.2, -0.15) is 26.3 Å². The lowest BCUT2D eigenvalue weighted by Crippen LogP contribution is -2.58. The SMILES string of the molecule is CCC(C)(C)C(=O)O.CCC(C)(C)C(=O)OC1CC2CC1CC2CC(O)(C(F)(F)F)C(F)(F)F.CCC(C)(C)C(=O)OCC(C)(C)O. The van der Waals surface area contributed by atoms with E-state index in [1.54, 1.807) is 41.5 Å². The Labute approximate surface area is 275 Å². The van der Waals surface area contributed by atoms with Crippen LogP contribution in [0.2, 0.25) is 0 Å². The van der Waals surface area contributed by atoms with Crippen LogP contribution in [0.25, 0.3) is 0 Å². The van der Waals surface area contributed by atoms with Gasteiger partial charge in [-0.1, -0.05) is 20.8 Å². The van der Waals surface area contributed by atoms with E-state index in [2.05, 4.69) is 0 Å². The second-order valence-corrected chi connectivity index (χ2v) is 15.4. The van der Waals surface area contributed by atoms with Crippen molar-refractivity contribution >= 4 is 17.9 Å². The van der Waals surface area contributed by atoms with Gasteiger partial charge < -0.3 is 24.8 Å². The molecule has 0 aromatic heterocycles. The number of hydrogen-bond acceptors (Lipinski definition) is 7. The number of fused-ring (bicyclic) bond motifs is 2. The molecule has 14 heteroatoms. The van der Waals surface area contributed by atoms with Gasteiger partial charge in [-0.05, 0) is 118 Å². The van der Waals surface area contributed by atoms with Crippen LogP contribution in [0.4, 0.5) is 26.3 Å². The van der Waals surface area contributed by atoms with Crippen LogP contribution in [0.3, 0.4) is 0 Å². The smallest absolute Gasteiger partial charge is 0.426 e. The normalized spacial score (nSPS) is 22.0. The van der Waals surface area contributed by atoms with E-state index in [0.29, 0.717) is 19.3 Å². The molecular weight excluding hydrogens is 638 g/mol. The highest BCUT2D eigenvalue weighted by Gasteiger charge is 2.71. The Kier molecular flexibility index (Phi) is 15.4. The van der Waals surface area contributed by atoms with Crippen molar-refractivity contribution in [3.63, 3.8) is 0 Å². The summed E-state index contributed by atoms with van der Waals surface area (Å²) < 4.78 is 87.7. The molecular formula is C33H56F6O8. The molecule has 0 radical (unpaired) electrons. The second kappa shape index (κ2) is 16.1. The van der Waals surface area contributed by atoms with E-state index in [-0.39, 0.29) is 31.3 Å². The van der Waals surface area contributed by atoms with Gasteiger partial charge in [-0.15, -0.1) is 0 Å². The lowest BCUT2D eigenvalue weighted by molar-refractivity contribution is -0.373. The molecule has 2 aliphatic carbocycles. The van der Waals surface area contributed by atoms with Crippen molar-refractivity contribution in [2.45, 2.75) is 151 Å². The van der Waals surface area contributed by atoms with Crippen LogP contribution >= 0.6 is 0 Å². The highest BCUT2D eigenvalue weighted by molar-refractivity contribution is 5.76. The molecule has 2 fully saturated rings. The molecule has 0 heterocycles. The van der Waals surface area contributed by atoms with Gasteiger partial charge in [0.2, 0.25) is 0 Å². The number of carbonyl (C=O) groups is 3. The minimum atomic E-state index is -5.79. The molecule has 4 unspecified atom stereocenters. The van der Waals surface area contributed by atoms with Crippen molar-refractivity contribution in [3.05, 3.63) is 0 Å². The van der Waals surface area contributed by atoms with E-state index >= 15 is 0 Å². The molecule has 0 amide bonds. The van der Waals surface area contributed by atoms with Crippen LogP contribution < -0.4 is 0 Å². The lowest BCUT2D eigenvalue weighted by Gasteiger charge is -2.37. The largest absolute Gasteiger partial charge is 0.481 e. The van der Waals surface area contributed by atoms with E-state index in [0.717, 1.165) is 6.42 Å². The van der Waals surface area contributed by atoms with Crippen LogP contribution in [0.15, 0.2) is 0 Å². The van der Waals surface area contributed by atoms with Crippen molar-refractivity contribution in [1.82, 2.24) is 0 Å². The summed E-state index contributed by atoms with van der Waals surface area (Å²) in [6.45, 7) is 19.4. The minimum absolute atomic E-state index is 0.0509. The Bertz CT molecular complexity index is 1030. The van der Waals surface area contributed by atoms with E-state index in [1.165, 1.54) is 0 Å². The summed E-state index contributed by atoms with van der Waals surface area (Å²) in [6, 6.07) is 0. The molecule has 0 spiro atoms. The number of carboxylic acids is 1. The van der Waals surface area contributed by atoms with Gasteiger partial charge in [-0.25, -0.2) is 0 Å². The van der Waals surface area contributed by atoms with Crippen molar-refractivity contribution in [2.75, 3.05) is 6.61 Å². The molecule has 47 heavy (non-hydrogen) atoms. The first-order valence-corrected chi connectivity index (χ1v) is 16.0. The molecule has 0 saturated heterocycles. The van der Waals surface area contributed by atoms with E-state index in [9.17, 15) is 50.9 Å². The molecule has 0 aliphatic heterocycles. The molecule has 2 saturated carbocycles. The van der Waals surface area contributed by atoms with Crippen molar-refractivity contribution < 1.29 is 65.5 Å². The average molecular weight is 695 g/mol. The topological polar surface area (TPSA) is 130 Å². The zero-order valence-electron chi connectivity index (χ0n) is 29.6. The summed E-state index contributed by atoms with van der Waals surface area (Å²) in [5.74, 6) is -2.96. The van der Waals surface area contributed by atoms with E-state index < -0.39 is 76.1 Å². The number of carbonyl (C=O) groups excluding carboxylic acids is 2. The third-order valence-electron chi connectivity index (χ3n) is 9.58.